The van der Waals surface area contributed by atoms with Gasteiger partial charge in [0.2, 0.25) is 0 Å². The van der Waals surface area contributed by atoms with Gasteiger partial charge >= 0.3 is 17.9 Å². The van der Waals surface area contributed by atoms with Crippen LogP contribution in [0.1, 0.15) is 323 Å². The molecule has 0 radical (unpaired) electrons. The molecule has 0 amide bonds. The zero-order valence-electron chi connectivity index (χ0n) is 53.7. The lowest BCUT2D eigenvalue weighted by Gasteiger charge is -2.18. The van der Waals surface area contributed by atoms with Gasteiger partial charge in [-0.3, -0.25) is 14.4 Å². The second-order valence-electron chi connectivity index (χ2n) is 22.7. The molecule has 0 aromatic carbocycles. The number of hydrogen-bond donors (Lipinski definition) is 0. The molecule has 0 fully saturated rings. The Labute approximate surface area is 507 Å². The Bertz CT molecular complexity index is 1690. The average molecular weight is 1140 g/mol. The van der Waals surface area contributed by atoms with Gasteiger partial charge < -0.3 is 14.2 Å². The van der Waals surface area contributed by atoms with Crippen molar-refractivity contribution in [1.29, 1.82) is 0 Å². The van der Waals surface area contributed by atoms with Crippen molar-refractivity contribution in [3.05, 3.63) is 122 Å². The summed E-state index contributed by atoms with van der Waals surface area (Å²) in [6.45, 7) is 6.53. The van der Waals surface area contributed by atoms with Gasteiger partial charge in [-0.15, -0.1) is 0 Å². The van der Waals surface area contributed by atoms with Crippen molar-refractivity contribution in [3.63, 3.8) is 0 Å². The molecule has 0 aliphatic heterocycles. The van der Waals surface area contributed by atoms with Crippen LogP contribution >= 0.6 is 0 Å². The monoisotopic (exact) mass is 1140 g/mol. The van der Waals surface area contributed by atoms with E-state index in [1.807, 2.05) is 0 Å². The number of unbranched alkanes of at least 4 members (excludes halogenated alkanes) is 31. The molecule has 0 aliphatic carbocycles. The standard InChI is InChI=1S/C76H128O6/c1-4-7-10-13-16-19-22-25-27-29-30-31-32-33-34-35-36-37-38-39-40-41-42-43-44-45-46-47-49-51-54-57-60-63-66-69-75(78)81-72-73(71-80-74(77)68-65-62-59-56-53-50-24-21-18-15-12-9-6-3)82-76(79)70-67-64-61-58-55-52-48-28-26-23-20-17-14-11-8-5-2/h7,10,16,19,25,27-28,30-31,33-34,36-37,39-40,42-43,45-46,48,73H,4-6,8-9,11-15,17-18,20-24,26,29,32,35,38,41,44,47,49-72H2,1-3H3/b10-7-,19-16-,27-25-,31-30-,34-33-,37-36-,40-39-,43-42-,46-45-,48-28-. The summed E-state index contributed by atoms with van der Waals surface area (Å²) < 4.78 is 16.9. The summed E-state index contributed by atoms with van der Waals surface area (Å²) in [6.07, 6.45) is 96.4. The number of ether oxygens (including phenoxy) is 3. The summed E-state index contributed by atoms with van der Waals surface area (Å²) in [6, 6.07) is 0. The van der Waals surface area contributed by atoms with Gasteiger partial charge in [0.1, 0.15) is 13.2 Å². The van der Waals surface area contributed by atoms with Crippen molar-refractivity contribution in [1.82, 2.24) is 0 Å². The molecule has 0 heterocycles. The molecule has 0 bridgehead atoms. The Morgan fingerprint density at radius 3 is 0.756 bits per heavy atom. The summed E-state index contributed by atoms with van der Waals surface area (Å²) in [5, 5.41) is 0. The lowest BCUT2D eigenvalue weighted by molar-refractivity contribution is -0.167. The highest BCUT2D eigenvalue weighted by molar-refractivity contribution is 5.71. The Balaban J connectivity index is 4.27. The van der Waals surface area contributed by atoms with E-state index in [2.05, 4.69) is 142 Å². The van der Waals surface area contributed by atoms with Crippen molar-refractivity contribution in [2.75, 3.05) is 13.2 Å². The normalized spacial score (nSPS) is 12.9. The van der Waals surface area contributed by atoms with Crippen LogP contribution in [0.3, 0.4) is 0 Å². The van der Waals surface area contributed by atoms with E-state index in [0.717, 1.165) is 135 Å². The molecule has 468 valence electrons. The molecule has 0 saturated carbocycles. The number of carbonyl (C=O) groups excluding carboxylic acids is 3. The molecule has 82 heavy (non-hydrogen) atoms. The van der Waals surface area contributed by atoms with Crippen LogP contribution in [0.2, 0.25) is 0 Å². The third-order valence-electron chi connectivity index (χ3n) is 14.7. The van der Waals surface area contributed by atoms with E-state index in [1.165, 1.54) is 148 Å². The van der Waals surface area contributed by atoms with E-state index in [0.29, 0.717) is 19.3 Å². The highest BCUT2D eigenvalue weighted by atomic mass is 16.6. The Kier molecular flexibility index (Phi) is 65.8. The van der Waals surface area contributed by atoms with Crippen LogP contribution < -0.4 is 0 Å². The van der Waals surface area contributed by atoms with Crippen molar-refractivity contribution in [2.24, 2.45) is 0 Å². The number of hydrogen-bond acceptors (Lipinski definition) is 6. The van der Waals surface area contributed by atoms with Crippen molar-refractivity contribution >= 4 is 17.9 Å². The van der Waals surface area contributed by atoms with Crippen LogP contribution in [0.15, 0.2) is 122 Å². The van der Waals surface area contributed by atoms with Gasteiger partial charge in [-0.25, -0.2) is 0 Å². The van der Waals surface area contributed by atoms with Crippen molar-refractivity contribution < 1.29 is 28.6 Å². The number of rotatable bonds is 62. The van der Waals surface area contributed by atoms with E-state index in [-0.39, 0.29) is 31.1 Å². The lowest BCUT2D eigenvalue weighted by Crippen LogP contribution is -2.30. The van der Waals surface area contributed by atoms with Crippen molar-refractivity contribution in [3.8, 4) is 0 Å². The van der Waals surface area contributed by atoms with Gasteiger partial charge in [0, 0.05) is 19.3 Å². The molecule has 6 heteroatoms. The third-order valence-corrected chi connectivity index (χ3v) is 14.7. The molecule has 1 atom stereocenters. The zero-order valence-corrected chi connectivity index (χ0v) is 53.7. The molecule has 0 N–H and O–H groups in total. The molecule has 0 rings (SSSR count). The summed E-state index contributed by atoms with van der Waals surface area (Å²) in [7, 11) is 0. The van der Waals surface area contributed by atoms with Crippen molar-refractivity contribution in [2.45, 2.75) is 329 Å². The van der Waals surface area contributed by atoms with E-state index >= 15 is 0 Å². The highest BCUT2D eigenvalue weighted by Crippen LogP contribution is 2.16. The van der Waals surface area contributed by atoms with E-state index in [4.69, 9.17) is 14.2 Å². The Morgan fingerprint density at radius 1 is 0.256 bits per heavy atom. The fraction of sp³-hybridized carbons (Fsp3) is 0.697. The van der Waals surface area contributed by atoms with E-state index in [9.17, 15) is 14.4 Å². The van der Waals surface area contributed by atoms with Gasteiger partial charge in [-0.05, 0) is 116 Å². The molecule has 1 unspecified atom stereocenters. The lowest BCUT2D eigenvalue weighted by atomic mass is 10.0. The second kappa shape index (κ2) is 69.3. The topological polar surface area (TPSA) is 78.9 Å². The quantitative estimate of drug-likeness (QED) is 0.0261. The first kappa shape index (κ1) is 77.8. The minimum absolute atomic E-state index is 0.0826. The van der Waals surface area contributed by atoms with Crippen LogP contribution in [-0.4, -0.2) is 37.2 Å². The largest absolute Gasteiger partial charge is 0.462 e. The fourth-order valence-corrected chi connectivity index (χ4v) is 9.55. The Morgan fingerprint density at radius 2 is 0.476 bits per heavy atom. The van der Waals surface area contributed by atoms with Gasteiger partial charge in [0.25, 0.3) is 0 Å². The predicted molar refractivity (Wildman–Crippen MR) is 357 cm³/mol. The van der Waals surface area contributed by atoms with Crippen LogP contribution in [0, 0.1) is 0 Å². The van der Waals surface area contributed by atoms with Crippen LogP contribution in [0.25, 0.3) is 0 Å². The summed E-state index contributed by atoms with van der Waals surface area (Å²) in [5.74, 6) is -0.893. The summed E-state index contributed by atoms with van der Waals surface area (Å²) in [5.41, 5.74) is 0. The maximum atomic E-state index is 12.9. The van der Waals surface area contributed by atoms with E-state index in [1.54, 1.807) is 0 Å². The first-order chi connectivity index (χ1) is 40.5. The molecule has 6 nitrogen and oxygen atoms in total. The molecule has 0 aliphatic rings. The van der Waals surface area contributed by atoms with Gasteiger partial charge in [-0.2, -0.15) is 0 Å². The maximum absolute atomic E-state index is 12.9. The van der Waals surface area contributed by atoms with Crippen LogP contribution in [0.5, 0.6) is 0 Å². The predicted octanol–water partition coefficient (Wildman–Crippen LogP) is 23.9. The maximum Gasteiger partial charge on any atom is 0.306 e. The SMILES string of the molecule is CC/C=C\C/C=C\C/C=C\C/C=C\C/C=C\C/C=C\C/C=C\C/C=C\C/C=C\CCCCCCCCCC(=O)OCC(COC(=O)CCCCCCCCCCCCCCC)OC(=O)CCCCCCC/C=C\CCCCCCCCC. The molecule has 0 saturated heterocycles. The second-order valence-corrected chi connectivity index (χ2v) is 22.7. The van der Waals surface area contributed by atoms with Crippen LogP contribution in [-0.2, 0) is 28.6 Å². The first-order valence-corrected chi connectivity index (χ1v) is 34.5. The van der Waals surface area contributed by atoms with Gasteiger partial charge in [-0.1, -0.05) is 309 Å². The summed E-state index contributed by atoms with van der Waals surface area (Å²) >= 11 is 0. The number of carbonyl (C=O) groups is 3. The van der Waals surface area contributed by atoms with Gasteiger partial charge in [0.05, 0.1) is 0 Å². The van der Waals surface area contributed by atoms with Gasteiger partial charge in [0.15, 0.2) is 6.10 Å². The Hall–Kier alpha value is -4.19. The molecular formula is C76H128O6. The molecule has 0 aromatic heterocycles. The van der Waals surface area contributed by atoms with E-state index < -0.39 is 6.10 Å². The molecular weight excluding hydrogens is 1010 g/mol. The third kappa shape index (κ3) is 66.6. The average Bonchev–Trinajstić information content (AvgIpc) is 3.47. The van der Waals surface area contributed by atoms with Crippen LogP contribution in [0.4, 0.5) is 0 Å². The zero-order chi connectivity index (χ0) is 59.2. The minimum Gasteiger partial charge on any atom is -0.462 e. The first-order valence-electron chi connectivity index (χ1n) is 34.5. The number of allylic oxidation sites excluding steroid dienone is 20. The molecule has 0 spiro atoms. The highest BCUT2D eigenvalue weighted by Gasteiger charge is 2.19. The fourth-order valence-electron chi connectivity index (χ4n) is 9.55. The smallest absolute Gasteiger partial charge is 0.306 e. The number of esters is 3. The minimum atomic E-state index is -0.788. The molecule has 0 aromatic rings. The summed E-state index contributed by atoms with van der Waals surface area (Å²) in [4.78, 5) is 38.3.